The lowest BCUT2D eigenvalue weighted by Crippen LogP contribution is -2.28. The highest BCUT2D eigenvalue weighted by atomic mass is 16.5. The Morgan fingerprint density at radius 2 is 2.05 bits per heavy atom. The fraction of sp³-hybridized carbons (Fsp3) is 0.706. The van der Waals surface area contributed by atoms with Crippen LogP contribution < -0.4 is 0 Å². The second-order valence-electron chi connectivity index (χ2n) is 7.09. The van der Waals surface area contributed by atoms with Gasteiger partial charge in [0.1, 0.15) is 0 Å². The number of aromatic nitrogens is 1. The minimum absolute atomic E-state index is 0.0898. The van der Waals surface area contributed by atoms with Gasteiger partial charge in [0, 0.05) is 30.4 Å². The van der Waals surface area contributed by atoms with Crippen molar-refractivity contribution in [2.24, 2.45) is 5.41 Å². The number of hydrogen-bond donors (Lipinski definition) is 0. The monoisotopic (exact) mass is 275 g/mol. The molecule has 1 heterocycles. The van der Waals surface area contributed by atoms with Gasteiger partial charge in [0.2, 0.25) is 0 Å². The third-order valence-corrected chi connectivity index (χ3v) is 4.65. The van der Waals surface area contributed by atoms with Crippen molar-refractivity contribution < 1.29 is 9.53 Å². The number of Topliss-reactive ketones (excluding diaryl/α,β-unsaturated/α-hetero) is 1. The van der Waals surface area contributed by atoms with E-state index >= 15 is 0 Å². The van der Waals surface area contributed by atoms with Crippen LogP contribution in [0.25, 0.3) is 0 Å². The average Bonchev–Trinajstić information content (AvgIpc) is 2.98. The summed E-state index contributed by atoms with van der Waals surface area (Å²) in [6.45, 7) is 6.00. The number of hydrogen-bond acceptors (Lipinski definition) is 2. The molecule has 20 heavy (non-hydrogen) atoms. The molecule has 0 N–H and O–H groups in total. The van der Waals surface area contributed by atoms with Crippen molar-refractivity contribution in [3.63, 3.8) is 0 Å². The van der Waals surface area contributed by atoms with E-state index < -0.39 is 0 Å². The van der Waals surface area contributed by atoms with E-state index in [0.717, 1.165) is 25.1 Å². The van der Waals surface area contributed by atoms with Gasteiger partial charge in [0.15, 0.2) is 5.78 Å². The summed E-state index contributed by atoms with van der Waals surface area (Å²) in [7, 11) is 0. The zero-order valence-corrected chi connectivity index (χ0v) is 12.7. The van der Waals surface area contributed by atoms with Crippen LogP contribution in [0.4, 0.5) is 0 Å². The minimum atomic E-state index is 0.0898. The van der Waals surface area contributed by atoms with Crippen LogP contribution in [-0.4, -0.2) is 23.1 Å². The Bertz CT molecular complexity index is 495. The highest BCUT2D eigenvalue weighted by Crippen LogP contribution is 2.35. The first kappa shape index (κ1) is 13.9. The summed E-state index contributed by atoms with van der Waals surface area (Å²) < 4.78 is 8.17. The fourth-order valence-corrected chi connectivity index (χ4v) is 3.58. The normalized spacial score (nSPS) is 22.2. The largest absolute Gasteiger partial charge is 0.376 e. The molecule has 3 heteroatoms. The van der Waals surface area contributed by atoms with Crippen LogP contribution in [-0.2, 0) is 17.7 Å². The first-order valence-corrected chi connectivity index (χ1v) is 7.88. The first-order chi connectivity index (χ1) is 9.55. The summed E-state index contributed by atoms with van der Waals surface area (Å²) in [5.41, 5.74) is 2.23. The molecule has 0 amide bonds. The summed E-state index contributed by atoms with van der Waals surface area (Å²) in [6, 6.07) is 1.99. The van der Waals surface area contributed by atoms with Gasteiger partial charge in [-0.1, -0.05) is 26.7 Å². The van der Waals surface area contributed by atoms with Gasteiger partial charge in [-0.15, -0.1) is 0 Å². The van der Waals surface area contributed by atoms with Crippen molar-refractivity contribution in [1.82, 2.24) is 4.57 Å². The summed E-state index contributed by atoms with van der Waals surface area (Å²) in [4.78, 5) is 12.2. The van der Waals surface area contributed by atoms with Crippen molar-refractivity contribution in [1.29, 1.82) is 0 Å². The molecule has 1 fully saturated rings. The van der Waals surface area contributed by atoms with Gasteiger partial charge in [-0.25, -0.2) is 0 Å². The Labute approximate surface area is 121 Å². The van der Waals surface area contributed by atoms with Crippen LogP contribution >= 0.6 is 0 Å². The summed E-state index contributed by atoms with van der Waals surface area (Å²) in [6.07, 6.45) is 9.25. The molecule has 110 valence electrons. The van der Waals surface area contributed by atoms with E-state index in [4.69, 9.17) is 4.74 Å². The number of carbonyl (C=O) groups excluding carboxylic acids is 1. The Morgan fingerprint density at radius 3 is 2.80 bits per heavy atom. The van der Waals surface area contributed by atoms with E-state index in [1.807, 2.05) is 6.07 Å². The molecule has 0 spiro atoms. The van der Waals surface area contributed by atoms with Gasteiger partial charge in [0.25, 0.3) is 0 Å². The third-order valence-electron chi connectivity index (χ3n) is 4.65. The van der Waals surface area contributed by atoms with E-state index in [0.29, 0.717) is 18.3 Å². The van der Waals surface area contributed by atoms with Crippen LogP contribution in [0.15, 0.2) is 12.3 Å². The van der Waals surface area contributed by atoms with Crippen LogP contribution in [0, 0.1) is 5.41 Å². The molecule has 0 atom stereocenters. The van der Waals surface area contributed by atoms with Gasteiger partial charge in [-0.2, -0.15) is 0 Å². The molecule has 2 aliphatic rings. The maximum absolute atomic E-state index is 12.2. The quantitative estimate of drug-likeness (QED) is 0.840. The number of nitrogens with zero attached hydrogens (tertiary/aromatic N) is 1. The predicted molar refractivity (Wildman–Crippen MR) is 79.1 cm³/mol. The zero-order chi connectivity index (χ0) is 14.2. The van der Waals surface area contributed by atoms with Crippen LogP contribution in [0.5, 0.6) is 0 Å². The Balaban J connectivity index is 1.64. The van der Waals surface area contributed by atoms with E-state index in [1.54, 1.807) is 0 Å². The highest BCUT2D eigenvalue weighted by molar-refractivity contribution is 5.98. The predicted octanol–water partition coefficient (Wildman–Crippen LogP) is 3.60. The maximum Gasteiger partial charge on any atom is 0.165 e. The molecule has 1 aromatic rings. The van der Waals surface area contributed by atoms with Gasteiger partial charge in [-0.3, -0.25) is 4.79 Å². The second kappa shape index (κ2) is 5.36. The summed E-state index contributed by atoms with van der Waals surface area (Å²) in [5, 5.41) is 0. The third kappa shape index (κ3) is 2.83. The minimum Gasteiger partial charge on any atom is -0.376 e. The van der Waals surface area contributed by atoms with Gasteiger partial charge in [-0.05, 0) is 30.7 Å². The zero-order valence-electron chi connectivity index (χ0n) is 12.7. The molecule has 0 radical (unpaired) electrons. The molecule has 0 aliphatic heterocycles. The highest BCUT2D eigenvalue weighted by Gasteiger charge is 2.32. The molecular formula is C17H25NO2. The Morgan fingerprint density at radius 1 is 1.30 bits per heavy atom. The van der Waals surface area contributed by atoms with Gasteiger partial charge in [0.05, 0.1) is 12.7 Å². The van der Waals surface area contributed by atoms with Crippen molar-refractivity contribution >= 4 is 5.78 Å². The molecule has 0 unspecified atom stereocenters. The molecule has 3 nitrogen and oxygen atoms in total. The number of ether oxygens (including phenoxy) is 1. The fourth-order valence-electron chi connectivity index (χ4n) is 3.58. The lowest BCUT2D eigenvalue weighted by atomic mass is 9.76. The molecule has 3 rings (SSSR count). The van der Waals surface area contributed by atoms with Crippen molar-refractivity contribution in [2.75, 3.05) is 6.61 Å². The van der Waals surface area contributed by atoms with Crippen LogP contribution in [0.2, 0.25) is 0 Å². The van der Waals surface area contributed by atoms with Crippen molar-refractivity contribution in [2.45, 2.75) is 65.0 Å². The Kier molecular flexibility index (Phi) is 3.72. The molecule has 0 aromatic carbocycles. The average molecular weight is 275 g/mol. The molecule has 1 aromatic heterocycles. The van der Waals surface area contributed by atoms with Gasteiger partial charge >= 0.3 is 0 Å². The molecule has 2 aliphatic carbocycles. The summed E-state index contributed by atoms with van der Waals surface area (Å²) in [5.74, 6) is 0.298. The lowest BCUT2D eigenvalue weighted by Gasteiger charge is -2.29. The molecule has 0 bridgehead atoms. The van der Waals surface area contributed by atoms with Crippen molar-refractivity contribution in [3.05, 3.63) is 23.5 Å². The molecule has 1 saturated carbocycles. The van der Waals surface area contributed by atoms with Gasteiger partial charge < -0.3 is 9.30 Å². The summed E-state index contributed by atoms with van der Waals surface area (Å²) >= 11 is 0. The number of ketones is 1. The van der Waals surface area contributed by atoms with Crippen molar-refractivity contribution in [3.8, 4) is 0 Å². The van der Waals surface area contributed by atoms with Crippen LogP contribution in [0.1, 0.15) is 62.0 Å². The SMILES string of the molecule is CC1(C)CC(=O)c2ccn(CCOC3CCCC3)c2C1. The number of carbonyl (C=O) groups is 1. The van der Waals surface area contributed by atoms with Crippen LogP contribution in [0.3, 0.4) is 0 Å². The Hall–Kier alpha value is -1.09. The molecular weight excluding hydrogens is 250 g/mol. The number of rotatable bonds is 4. The van der Waals surface area contributed by atoms with E-state index in [2.05, 4.69) is 24.6 Å². The van der Waals surface area contributed by atoms with E-state index in [1.165, 1.54) is 31.4 Å². The number of fused-ring (bicyclic) bond motifs is 1. The smallest absolute Gasteiger partial charge is 0.165 e. The second-order valence-corrected chi connectivity index (χ2v) is 7.09. The standard InChI is InChI=1S/C17H25NO2/c1-17(2)11-15-14(16(19)12-17)7-8-18(15)9-10-20-13-5-3-4-6-13/h7-8,13H,3-6,9-12H2,1-2H3. The maximum atomic E-state index is 12.2. The lowest BCUT2D eigenvalue weighted by molar-refractivity contribution is 0.0523. The van der Waals surface area contributed by atoms with E-state index in [-0.39, 0.29) is 5.41 Å². The topological polar surface area (TPSA) is 31.2 Å². The van der Waals surface area contributed by atoms with E-state index in [9.17, 15) is 4.79 Å². The first-order valence-electron chi connectivity index (χ1n) is 7.88. The molecule has 0 saturated heterocycles.